The van der Waals surface area contributed by atoms with Gasteiger partial charge < -0.3 is 10.5 Å². The van der Waals surface area contributed by atoms with E-state index in [0.717, 1.165) is 0 Å². The monoisotopic (exact) mass is 228 g/mol. The van der Waals surface area contributed by atoms with Gasteiger partial charge in [0.15, 0.2) is 0 Å². The van der Waals surface area contributed by atoms with E-state index in [-0.39, 0.29) is 6.54 Å². The lowest BCUT2D eigenvalue weighted by Crippen LogP contribution is -2.53. The van der Waals surface area contributed by atoms with Gasteiger partial charge in [-0.3, -0.25) is 4.90 Å². The lowest BCUT2D eigenvalue weighted by molar-refractivity contribution is -0.154. The quantitative estimate of drug-likeness (QED) is 0.743. The maximum atomic E-state index is 12.2. The van der Waals surface area contributed by atoms with Crippen molar-refractivity contribution in [1.29, 1.82) is 0 Å². The van der Waals surface area contributed by atoms with Crippen molar-refractivity contribution in [3.63, 3.8) is 0 Å². The van der Waals surface area contributed by atoms with Crippen molar-refractivity contribution in [3.8, 4) is 0 Å². The molecule has 0 aliphatic rings. The zero-order valence-corrected chi connectivity index (χ0v) is 9.40. The fourth-order valence-corrected chi connectivity index (χ4v) is 1.23. The third-order valence-electron chi connectivity index (χ3n) is 2.62. The lowest BCUT2D eigenvalue weighted by atomic mass is 9.96. The van der Waals surface area contributed by atoms with Gasteiger partial charge in [0.1, 0.15) is 0 Å². The maximum Gasteiger partial charge on any atom is 0.401 e. The molecule has 0 rings (SSSR count). The number of likely N-dealkylation sites (N-methyl/N-ethyl adjacent to an activating group) is 1. The van der Waals surface area contributed by atoms with E-state index >= 15 is 0 Å². The summed E-state index contributed by atoms with van der Waals surface area (Å²) < 4.78 is 41.4. The highest BCUT2D eigenvalue weighted by atomic mass is 19.4. The fraction of sp³-hybridized carbons (Fsp3) is 1.00. The van der Waals surface area contributed by atoms with Crippen LogP contribution >= 0.6 is 0 Å². The van der Waals surface area contributed by atoms with Gasteiger partial charge in [-0.1, -0.05) is 0 Å². The molecule has 92 valence electrons. The minimum Gasteiger partial charge on any atom is -0.385 e. The minimum atomic E-state index is -4.20. The third-order valence-corrected chi connectivity index (χ3v) is 2.62. The molecule has 0 aromatic rings. The minimum absolute atomic E-state index is 0.170. The van der Waals surface area contributed by atoms with Crippen LogP contribution in [0.15, 0.2) is 0 Å². The largest absolute Gasteiger partial charge is 0.401 e. The molecule has 15 heavy (non-hydrogen) atoms. The molecular weight excluding hydrogens is 209 g/mol. The molecule has 0 fully saturated rings. The van der Waals surface area contributed by atoms with Crippen molar-refractivity contribution in [3.05, 3.63) is 0 Å². The molecule has 0 spiro atoms. The Kier molecular flexibility index (Phi) is 5.55. The smallest absolute Gasteiger partial charge is 0.385 e. The molecular formula is C9H19F3N2O. The maximum absolute atomic E-state index is 12.2. The predicted octanol–water partition coefficient (Wildman–Crippen LogP) is 1.23. The molecule has 0 heterocycles. The van der Waals surface area contributed by atoms with E-state index in [1.165, 1.54) is 19.1 Å². The van der Waals surface area contributed by atoms with E-state index in [1.807, 2.05) is 0 Å². The summed E-state index contributed by atoms with van der Waals surface area (Å²) in [7, 11) is 2.94. The Balaban J connectivity index is 4.36. The van der Waals surface area contributed by atoms with Crippen molar-refractivity contribution in [2.45, 2.75) is 25.1 Å². The zero-order valence-electron chi connectivity index (χ0n) is 9.40. The summed E-state index contributed by atoms with van der Waals surface area (Å²) in [5.74, 6) is 0. The molecule has 0 saturated carbocycles. The first kappa shape index (κ1) is 14.7. The number of hydrogen-bond donors (Lipinski definition) is 1. The number of halogens is 3. The number of ether oxygens (including phenoxy) is 1. The second-order valence-corrected chi connectivity index (χ2v) is 3.92. The molecule has 2 N–H and O–H groups in total. The number of hydrogen-bond acceptors (Lipinski definition) is 3. The normalized spacial score (nSPS) is 16.8. The summed E-state index contributed by atoms with van der Waals surface area (Å²) >= 11 is 0. The topological polar surface area (TPSA) is 38.5 Å². The van der Waals surface area contributed by atoms with Gasteiger partial charge in [0, 0.05) is 25.8 Å². The molecule has 0 aliphatic heterocycles. The first-order valence-electron chi connectivity index (χ1n) is 4.72. The molecule has 0 aromatic heterocycles. The zero-order chi connectivity index (χ0) is 12.1. The molecule has 0 aliphatic carbocycles. The lowest BCUT2D eigenvalue weighted by Gasteiger charge is -2.38. The first-order valence-corrected chi connectivity index (χ1v) is 4.72. The van der Waals surface area contributed by atoms with Crippen LogP contribution in [0.1, 0.15) is 13.3 Å². The second kappa shape index (κ2) is 5.67. The molecule has 3 nitrogen and oxygen atoms in total. The van der Waals surface area contributed by atoms with E-state index in [1.54, 1.807) is 6.92 Å². The Bertz CT molecular complexity index is 187. The van der Waals surface area contributed by atoms with Gasteiger partial charge in [0.25, 0.3) is 0 Å². The number of nitrogens with zero attached hydrogens (tertiary/aromatic N) is 1. The molecule has 1 atom stereocenters. The van der Waals surface area contributed by atoms with E-state index in [4.69, 9.17) is 10.5 Å². The van der Waals surface area contributed by atoms with Crippen LogP contribution < -0.4 is 5.73 Å². The highest BCUT2D eigenvalue weighted by Crippen LogP contribution is 2.23. The van der Waals surface area contributed by atoms with Crippen LogP contribution in [-0.4, -0.2) is 50.5 Å². The van der Waals surface area contributed by atoms with Crippen LogP contribution in [0.4, 0.5) is 13.2 Å². The van der Waals surface area contributed by atoms with Gasteiger partial charge in [-0.05, 0) is 20.4 Å². The number of alkyl halides is 3. The van der Waals surface area contributed by atoms with E-state index in [9.17, 15) is 13.2 Å². The van der Waals surface area contributed by atoms with Crippen LogP contribution in [0, 0.1) is 0 Å². The first-order chi connectivity index (χ1) is 6.75. The van der Waals surface area contributed by atoms with Crippen molar-refractivity contribution in [2.75, 3.05) is 33.9 Å². The molecule has 0 bridgehead atoms. The molecule has 6 heteroatoms. The van der Waals surface area contributed by atoms with Crippen LogP contribution in [-0.2, 0) is 4.74 Å². The van der Waals surface area contributed by atoms with E-state index in [2.05, 4.69) is 0 Å². The van der Waals surface area contributed by atoms with Crippen LogP contribution in [0.5, 0.6) is 0 Å². The fourth-order valence-electron chi connectivity index (χ4n) is 1.23. The van der Waals surface area contributed by atoms with Crippen molar-refractivity contribution >= 4 is 0 Å². The molecule has 0 aromatic carbocycles. The highest BCUT2D eigenvalue weighted by Gasteiger charge is 2.36. The summed E-state index contributed by atoms with van der Waals surface area (Å²) in [6.07, 6.45) is -3.72. The number of methoxy groups -OCH3 is 1. The summed E-state index contributed by atoms with van der Waals surface area (Å²) in [6, 6.07) is 0. The standard InChI is InChI=1S/C9H19F3N2O/c1-8(6-13,4-5-15-3)14(2)7-9(10,11)12/h4-7,13H2,1-3H3. The predicted molar refractivity (Wildman–Crippen MR) is 52.6 cm³/mol. The van der Waals surface area contributed by atoms with E-state index in [0.29, 0.717) is 13.0 Å². The number of nitrogens with two attached hydrogens (primary N) is 1. The van der Waals surface area contributed by atoms with Gasteiger partial charge in [-0.15, -0.1) is 0 Å². The Morgan fingerprint density at radius 3 is 2.20 bits per heavy atom. The van der Waals surface area contributed by atoms with Gasteiger partial charge in [-0.2, -0.15) is 13.2 Å². The summed E-state index contributed by atoms with van der Waals surface area (Å²) in [4.78, 5) is 1.23. The summed E-state index contributed by atoms with van der Waals surface area (Å²) in [5, 5.41) is 0. The SMILES string of the molecule is COCCC(C)(CN)N(C)CC(F)(F)F. The average Bonchev–Trinajstić information content (AvgIpc) is 2.11. The molecule has 0 radical (unpaired) electrons. The van der Waals surface area contributed by atoms with Gasteiger partial charge in [-0.25, -0.2) is 0 Å². The average molecular weight is 228 g/mol. The van der Waals surface area contributed by atoms with Crippen LogP contribution in [0.25, 0.3) is 0 Å². The van der Waals surface area contributed by atoms with E-state index < -0.39 is 18.3 Å². The Morgan fingerprint density at radius 2 is 1.87 bits per heavy atom. The van der Waals surface area contributed by atoms with Gasteiger partial charge in [0.05, 0.1) is 6.54 Å². The second-order valence-electron chi connectivity index (χ2n) is 3.92. The molecule has 0 amide bonds. The van der Waals surface area contributed by atoms with Crippen LogP contribution in [0.2, 0.25) is 0 Å². The van der Waals surface area contributed by atoms with Gasteiger partial charge in [0.2, 0.25) is 0 Å². The Labute approximate surface area is 88.4 Å². The molecule has 0 saturated heterocycles. The third kappa shape index (κ3) is 5.34. The van der Waals surface area contributed by atoms with Crippen molar-refractivity contribution in [1.82, 2.24) is 4.90 Å². The number of rotatable bonds is 6. The Hall–Kier alpha value is -0.330. The summed E-state index contributed by atoms with van der Waals surface area (Å²) in [5.41, 5.74) is 4.83. The van der Waals surface area contributed by atoms with Crippen molar-refractivity contribution < 1.29 is 17.9 Å². The summed E-state index contributed by atoms with van der Waals surface area (Å²) in [6.45, 7) is 1.32. The molecule has 1 unspecified atom stereocenters. The van der Waals surface area contributed by atoms with Gasteiger partial charge >= 0.3 is 6.18 Å². The van der Waals surface area contributed by atoms with Crippen LogP contribution in [0.3, 0.4) is 0 Å². The highest BCUT2D eigenvalue weighted by molar-refractivity contribution is 4.86. The Morgan fingerprint density at radius 1 is 1.33 bits per heavy atom. The van der Waals surface area contributed by atoms with Crippen molar-refractivity contribution in [2.24, 2.45) is 5.73 Å².